The number of amides is 1. The van der Waals surface area contributed by atoms with Gasteiger partial charge in [0.2, 0.25) is 0 Å². The molecule has 104 valence electrons. The average molecular weight is 326 g/mol. The topological polar surface area (TPSA) is 72.3 Å². The zero-order valence-electron chi connectivity index (χ0n) is 11.1. The lowest BCUT2D eigenvalue weighted by Gasteiger charge is -2.41. The molecular formula is C14H20BrN3O. The molecule has 4 N–H and O–H groups in total. The van der Waals surface area contributed by atoms with Gasteiger partial charge in [-0.2, -0.15) is 0 Å². The molecule has 1 aromatic carbocycles. The summed E-state index contributed by atoms with van der Waals surface area (Å²) in [5.41, 5.74) is 12.9. The van der Waals surface area contributed by atoms with Crippen molar-refractivity contribution in [1.82, 2.24) is 0 Å². The van der Waals surface area contributed by atoms with Crippen LogP contribution in [0, 0.1) is 5.92 Å². The fourth-order valence-electron chi connectivity index (χ4n) is 2.90. The molecule has 19 heavy (non-hydrogen) atoms. The van der Waals surface area contributed by atoms with Crippen LogP contribution in [-0.4, -0.2) is 25.0 Å². The van der Waals surface area contributed by atoms with E-state index in [4.69, 9.17) is 11.5 Å². The van der Waals surface area contributed by atoms with Crippen LogP contribution in [0.4, 0.5) is 5.69 Å². The summed E-state index contributed by atoms with van der Waals surface area (Å²) in [6.45, 7) is 3.72. The summed E-state index contributed by atoms with van der Waals surface area (Å²) < 4.78 is 0.742. The monoisotopic (exact) mass is 325 g/mol. The smallest absolute Gasteiger partial charge is 0.251 e. The quantitative estimate of drug-likeness (QED) is 0.894. The molecule has 0 radical (unpaired) electrons. The number of carbonyl (C=O) groups is 1. The molecule has 5 heteroatoms. The molecule has 2 unspecified atom stereocenters. The first-order valence-electron chi connectivity index (χ1n) is 6.61. The fraction of sp³-hybridized carbons (Fsp3) is 0.500. The minimum Gasteiger partial charge on any atom is -0.366 e. The van der Waals surface area contributed by atoms with E-state index in [1.165, 1.54) is 6.42 Å². The molecule has 2 rings (SSSR count). The Morgan fingerprint density at radius 3 is 2.89 bits per heavy atom. The van der Waals surface area contributed by atoms with Crippen molar-refractivity contribution in [3.8, 4) is 0 Å². The van der Waals surface area contributed by atoms with Gasteiger partial charge in [-0.15, -0.1) is 0 Å². The molecule has 1 aromatic rings. The number of rotatable bonds is 3. The van der Waals surface area contributed by atoms with Crippen LogP contribution in [-0.2, 0) is 0 Å². The third-order valence-electron chi connectivity index (χ3n) is 3.90. The number of piperidine rings is 1. The van der Waals surface area contributed by atoms with E-state index in [9.17, 15) is 4.79 Å². The number of carbonyl (C=O) groups excluding carboxylic acids is 1. The molecule has 1 fully saturated rings. The van der Waals surface area contributed by atoms with Crippen LogP contribution >= 0.6 is 15.9 Å². The van der Waals surface area contributed by atoms with Gasteiger partial charge in [-0.1, -0.05) is 13.0 Å². The van der Waals surface area contributed by atoms with Gasteiger partial charge >= 0.3 is 0 Å². The summed E-state index contributed by atoms with van der Waals surface area (Å²) in [5, 5.41) is 0. The van der Waals surface area contributed by atoms with E-state index in [-0.39, 0.29) is 6.04 Å². The number of nitrogens with zero attached hydrogens (tertiary/aromatic N) is 1. The summed E-state index contributed by atoms with van der Waals surface area (Å²) in [6, 6.07) is 5.99. The second-order valence-corrected chi connectivity index (χ2v) is 5.97. The zero-order valence-corrected chi connectivity index (χ0v) is 12.7. The van der Waals surface area contributed by atoms with Crippen molar-refractivity contribution in [1.29, 1.82) is 0 Å². The molecule has 4 nitrogen and oxygen atoms in total. The maximum Gasteiger partial charge on any atom is 0.251 e. The SMILES string of the molecule is CC1CCCN(c2cccc(Br)c2C(N)=O)C1CN. The van der Waals surface area contributed by atoms with Gasteiger partial charge in [0.1, 0.15) is 0 Å². The van der Waals surface area contributed by atoms with E-state index in [1.54, 1.807) is 0 Å². The van der Waals surface area contributed by atoms with Gasteiger partial charge in [-0.25, -0.2) is 0 Å². The minimum absolute atomic E-state index is 0.265. The van der Waals surface area contributed by atoms with Crippen LogP contribution in [0.1, 0.15) is 30.1 Å². The number of hydrogen-bond acceptors (Lipinski definition) is 3. The third-order valence-corrected chi connectivity index (χ3v) is 4.57. The van der Waals surface area contributed by atoms with Crippen molar-refractivity contribution in [2.24, 2.45) is 17.4 Å². The Morgan fingerprint density at radius 1 is 1.53 bits per heavy atom. The summed E-state index contributed by atoms with van der Waals surface area (Å²) in [4.78, 5) is 13.9. The number of anilines is 1. The number of halogens is 1. The van der Waals surface area contributed by atoms with Crippen LogP contribution < -0.4 is 16.4 Å². The highest BCUT2D eigenvalue weighted by atomic mass is 79.9. The Morgan fingerprint density at radius 2 is 2.26 bits per heavy atom. The largest absolute Gasteiger partial charge is 0.366 e. The standard InChI is InChI=1S/C14H20BrN3O/c1-9-4-3-7-18(12(9)8-16)11-6-2-5-10(15)13(11)14(17)19/h2,5-6,9,12H,3-4,7-8,16H2,1H3,(H2,17,19). The average Bonchev–Trinajstić information content (AvgIpc) is 2.37. The van der Waals surface area contributed by atoms with Gasteiger partial charge in [-0.05, 0) is 46.8 Å². The second-order valence-electron chi connectivity index (χ2n) is 5.11. The van der Waals surface area contributed by atoms with Gasteiger partial charge < -0.3 is 16.4 Å². The zero-order chi connectivity index (χ0) is 14.0. The van der Waals surface area contributed by atoms with E-state index < -0.39 is 5.91 Å². The first kappa shape index (κ1) is 14.3. The first-order valence-corrected chi connectivity index (χ1v) is 7.40. The van der Waals surface area contributed by atoms with Gasteiger partial charge in [0.15, 0.2) is 0 Å². The molecule has 1 aliphatic rings. The lowest BCUT2D eigenvalue weighted by Crippen LogP contribution is -2.49. The maximum absolute atomic E-state index is 11.7. The molecule has 1 amide bonds. The van der Waals surface area contributed by atoms with E-state index in [0.717, 1.165) is 23.1 Å². The van der Waals surface area contributed by atoms with Crippen molar-refractivity contribution in [2.45, 2.75) is 25.8 Å². The van der Waals surface area contributed by atoms with E-state index >= 15 is 0 Å². The summed E-state index contributed by atoms with van der Waals surface area (Å²) >= 11 is 3.41. The van der Waals surface area contributed by atoms with Crippen LogP contribution in [0.5, 0.6) is 0 Å². The Labute approximate surface area is 122 Å². The lowest BCUT2D eigenvalue weighted by atomic mass is 9.90. The summed E-state index contributed by atoms with van der Waals surface area (Å²) in [5.74, 6) is 0.120. The predicted molar refractivity (Wildman–Crippen MR) is 81.2 cm³/mol. The van der Waals surface area contributed by atoms with Crippen molar-refractivity contribution in [3.05, 3.63) is 28.2 Å². The summed E-state index contributed by atoms with van der Waals surface area (Å²) in [6.07, 6.45) is 2.29. The first-order chi connectivity index (χ1) is 9.06. The van der Waals surface area contributed by atoms with Gasteiger partial charge in [-0.3, -0.25) is 4.79 Å². The highest BCUT2D eigenvalue weighted by molar-refractivity contribution is 9.10. The highest BCUT2D eigenvalue weighted by Crippen LogP contribution is 2.33. The fourth-order valence-corrected chi connectivity index (χ4v) is 3.45. The van der Waals surface area contributed by atoms with Crippen molar-refractivity contribution in [3.63, 3.8) is 0 Å². The normalized spacial score (nSPS) is 23.4. The Bertz CT molecular complexity index is 478. The molecule has 0 saturated carbocycles. The van der Waals surface area contributed by atoms with Crippen molar-refractivity contribution < 1.29 is 4.79 Å². The van der Waals surface area contributed by atoms with Gasteiger partial charge in [0.25, 0.3) is 5.91 Å². The summed E-state index contributed by atoms with van der Waals surface area (Å²) in [7, 11) is 0. The van der Waals surface area contributed by atoms with Crippen LogP contribution in [0.3, 0.4) is 0 Å². The molecule has 0 spiro atoms. The molecule has 0 aromatic heterocycles. The highest BCUT2D eigenvalue weighted by Gasteiger charge is 2.30. The number of nitrogens with two attached hydrogens (primary N) is 2. The van der Waals surface area contributed by atoms with E-state index in [2.05, 4.69) is 27.8 Å². The number of hydrogen-bond donors (Lipinski definition) is 2. The molecule has 1 heterocycles. The molecule has 2 atom stereocenters. The second kappa shape index (κ2) is 5.92. The van der Waals surface area contributed by atoms with Gasteiger partial charge in [0, 0.05) is 23.6 Å². The Balaban J connectivity index is 2.45. The van der Waals surface area contributed by atoms with Crippen molar-refractivity contribution >= 4 is 27.5 Å². The molecule has 1 saturated heterocycles. The van der Waals surface area contributed by atoms with Crippen LogP contribution in [0.15, 0.2) is 22.7 Å². The lowest BCUT2D eigenvalue weighted by molar-refractivity contribution is 0.0999. The molecular weight excluding hydrogens is 306 g/mol. The Hall–Kier alpha value is -1.07. The third kappa shape index (κ3) is 2.77. The van der Waals surface area contributed by atoms with Gasteiger partial charge in [0.05, 0.1) is 11.3 Å². The minimum atomic E-state index is -0.406. The molecule has 1 aliphatic heterocycles. The number of benzene rings is 1. The Kier molecular flexibility index (Phi) is 4.47. The van der Waals surface area contributed by atoms with Crippen molar-refractivity contribution in [2.75, 3.05) is 18.0 Å². The van der Waals surface area contributed by atoms with E-state index in [0.29, 0.717) is 18.0 Å². The van der Waals surface area contributed by atoms with Crippen LogP contribution in [0.25, 0.3) is 0 Å². The molecule has 0 aliphatic carbocycles. The maximum atomic E-state index is 11.7. The molecule has 0 bridgehead atoms. The number of primary amides is 1. The van der Waals surface area contributed by atoms with Crippen LogP contribution in [0.2, 0.25) is 0 Å². The van der Waals surface area contributed by atoms with E-state index in [1.807, 2.05) is 18.2 Å². The predicted octanol–water partition coefficient (Wildman–Crippen LogP) is 2.11.